The fourth-order valence-electron chi connectivity index (χ4n) is 4.48. The molecule has 1 heterocycles. The van der Waals surface area contributed by atoms with Crippen molar-refractivity contribution >= 4 is 17.4 Å². The number of hydrogen-bond acceptors (Lipinski definition) is 2. The van der Waals surface area contributed by atoms with Crippen molar-refractivity contribution < 1.29 is 22.8 Å². The first-order chi connectivity index (χ1) is 14.1. The summed E-state index contributed by atoms with van der Waals surface area (Å²) in [5, 5.41) is 0. The summed E-state index contributed by atoms with van der Waals surface area (Å²) in [5.41, 5.74) is 1.38. The van der Waals surface area contributed by atoms with Crippen molar-refractivity contribution in [2.75, 3.05) is 4.90 Å². The number of ketones is 1. The lowest BCUT2D eigenvalue weighted by Gasteiger charge is -2.43. The zero-order valence-electron chi connectivity index (χ0n) is 16.8. The van der Waals surface area contributed by atoms with Gasteiger partial charge in [0.05, 0.1) is 5.56 Å². The predicted octanol–water partition coefficient (Wildman–Crippen LogP) is 5.87. The van der Waals surface area contributed by atoms with E-state index in [1.807, 2.05) is 44.2 Å². The molecule has 1 atom stereocenters. The molecule has 3 nitrogen and oxygen atoms in total. The monoisotopic (exact) mass is 413 g/mol. The summed E-state index contributed by atoms with van der Waals surface area (Å²) in [4.78, 5) is 27.8. The normalized spacial score (nSPS) is 21.6. The van der Waals surface area contributed by atoms with E-state index in [9.17, 15) is 22.8 Å². The summed E-state index contributed by atoms with van der Waals surface area (Å²) in [6, 6.07) is 14.0. The number of nitrogens with zero attached hydrogens (tertiary/aromatic N) is 1. The molecule has 1 aliphatic carbocycles. The third-order valence-corrected chi connectivity index (χ3v) is 5.80. The van der Waals surface area contributed by atoms with Crippen LogP contribution in [0.25, 0.3) is 0 Å². The number of carbonyl (C=O) groups is 2. The van der Waals surface area contributed by atoms with Gasteiger partial charge in [-0.3, -0.25) is 14.5 Å². The first-order valence-corrected chi connectivity index (χ1v) is 9.88. The fraction of sp³-hybridized carbons (Fsp3) is 0.333. The highest BCUT2D eigenvalue weighted by atomic mass is 19.4. The summed E-state index contributed by atoms with van der Waals surface area (Å²) in [6.45, 7) is 3.94. The molecule has 6 heteroatoms. The van der Waals surface area contributed by atoms with Crippen molar-refractivity contribution in [3.8, 4) is 0 Å². The summed E-state index contributed by atoms with van der Waals surface area (Å²) >= 11 is 0. The minimum Gasteiger partial charge on any atom is -0.294 e. The van der Waals surface area contributed by atoms with Gasteiger partial charge in [0.15, 0.2) is 5.78 Å². The van der Waals surface area contributed by atoms with E-state index >= 15 is 0 Å². The molecule has 1 amide bonds. The van der Waals surface area contributed by atoms with Gasteiger partial charge < -0.3 is 0 Å². The van der Waals surface area contributed by atoms with E-state index in [1.54, 1.807) is 0 Å². The average Bonchev–Trinajstić information content (AvgIpc) is 2.66. The van der Waals surface area contributed by atoms with Gasteiger partial charge in [0, 0.05) is 35.7 Å². The Morgan fingerprint density at radius 3 is 2.17 bits per heavy atom. The van der Waals surface area contributed by atoms with Gasteiger partial charge in [-0.05, 0) is 41.7 Å². The van der Waals surface area contributed by atoms with Gasteiger partial charge in [-0.1, -0.05) is 44.2 Å². The molecule has 156 valence electrons. The smallest absolute Gasteiger partial charge is 0.294 e. The third-order valence-electron chi connectivity index (χ3n) is 5.80. The molecular formula is C24H22F3NO2. The lowest BCUT2D eigenvalue weighted by atomic mass is 9.69. The number of Topliss-reactive ketones (excluding diaryl/α,β-unsaturated/α-hetero) is 1. The van der Waals surface area contributed by atoms with Crippen LogP contribution in [-0.2, 0) is 15.8 Å². The van der Waals surface area contributed by atoms with E-state index in [0.717, 1.165) is 17.7 Å². The topological polar surface area (TPSA) is 37.4 Å². The molecular weight excluding hydrogens is 391 g/mol. The highest BCUT2D eigenvalue weighted by Crippen LogP contribution is 2.48. The van der Waals surface area contributed by atoms with Gasteiger partial charge in [-0.2, -0.15) is 13.2 Å². The Morgan fingerprint density at radius 1 is 0.933 bits per heavy atom. The van der Waals surface area contributed by atoms with E-state index in [-0.39, 0.29) is 29.4 Å². The Hall–Kier alpha value is -2.89. The van der Waals surface area contributed by atoms with Gasteiger partial charge in [0.2, 0.25) is 5.91 Å². The molecule has 0 saturated carbocycles. The van der Waals surface area contributed by atoms with Crippen LogP contribution < -0.4 is 4.90 Å². The molecule has 1 unspecified atom stereocenters. The second-order valence-corrected chi connectivity index (χ2v) is 8.74. The van der Waals surface area contributed by atoms with Crippen molar-refractivity contribution in [3.63, 3.8) is 0 Å². The standard InChI is InChI=1S/C24H22F3NO2/c1-23(2)13-19-22(20(29)14-23)18(15-6-4-3-5-7-15)12-21(30)28(19)17-10-8-16(9-11-17)24(25,26)27/h3-11,18H,12-14H2,1-2H3. The number of alkyl halides is 3. The Labute approximate surface area is 173 Å². The SMILES string of the molecule is CC1(C)CC(=O)C2=C(C1)N(c1ccc(C(F)(F)F)cc1)C(=O)CC2c1ccccc1. The van der Waals surface area contributed by atoms with Gasteiger partial charge in [-0.15, -0.1) is 0 Å². The number of amides is 1. The van der Waals surface area contributed by atoms with Crippen LogP contribution in [0.5, 0.6) is 0 Å². The fourth-order valence-corrected chi connectivity index (χ4v) is 4.48. The molecule has 0 radical (unpaired) electrons. The van der Waals surface area contributed by atoms with Crippen molar-refractivity contribution in [1.29, 1.82) is 0 Å². The number of anilines is 1. The average molecular weight is 413 g/mol. The van der Waals surface area contributed by atoms with Crippen LogP contribution in [0.4, 0.5) is 18.9 Å². The van der Waals surface area contributed by atoms with Crippen LogP contribution in [0.2, 0.25) is 0 Å². The minimum absolute atomic E-state index is 0.000449. The maximum atomic E-state index is 13.2. The zero-order chi connectivity index (χ0) is 21.7. The second kappa shape index (κ2) is 7.11. The lowest BCUT2D eigenvalue weighted by Crippen LogP contribution is -2.43. The van der Waals surface area contributed by atoms with E-state index in [0.29, 0.717) is 29.8 Å². The summed E-state index contributed by atoms with van der Waals surface area (Å²) in [7, 11) is 0. The molecule has 2 aromatic rings. The van der Waals surface area contributed by atoms with Gasteiger partial charge in [0.25, 0.3) is 0 Å². The van der Waals surface area contributed by atoms with Crippen LogP contribution in [0.3, 0.4) is 0 Å². The number of hydrogen-bond donors (Lipinski definition) is 0. The highest BCUT2D eigenvalue weighted by Gasteiger charge is 2.44. The van der Waals surface area contributed by atoms with Crippen LogP contribution in [0, 0.1) is 5.41 Å². The van der Waals surface area contributed by atoms with Crippen LogP contribution in [0.15, 0.2) is 65.9 Å². The third kappa shape index (κ3) is 3.66. The number of carbonyl (C=O) groups excluding carboxylic acids is 2. The maximum Gasteiger partial charge on any atom is 0.416 e. The summed E-state index contributed by atoms with van der Waals surface area (Å²) in [6.07, 6.45) is -3.46. The van der Waals surface area contributed by atoms with E-state index in [2.05, 4.69) is 0 Å². The van der Waals surface area contributed by atoms with Gasteiger partial charge in [0.1, 0.15) is 0 Å². The van der Waals surface area contributed by atoms with Gasteiger partial charge in [-0.25, -0.2) is 0 Å². The molecule has 0 aromatic heterocycles. The largest absolute Gasteiger partial charge is 0.416 e. The molecule has 30 heavy (non-hydrogen) atoms. The van der Waals surface area contributed by atoms with Crippen LogP contribution in [-0.4, -0.2) is 11.7 Å². The zero-order valence-corrected chi connectivity index (χ0v) is 16.8. The van der Waals surface area contributed by atoms with E-state index < -0.39 is 11.7 Å². The Morgan fingerprint density at radius 2 is 1.57 bits per heavy atom. The molecule has 0 saturated heterocycles. The Kier molecular flexibility index (Phi) is 4.83. The molecule has 0 spiro atoms. The Balaban J connectivity index is 1.84. The second-order valence-electron chi connectivity index (χ2n) is 8.74. The molecule has 2 aromatic carbocycles. The Bertz CT molecular complexity index is 1020. The highest BCUT2D eigenvalue weighted by molar-refractivity contribution is 6.07. The van der Waals surface area contributed by atoms with E-state index in [4.69, 9.17) is 0 Å². The number of rotatable bonds is 2. The molecule has 4 rings (SSSR count). The number of allylic oxidation sites excluding steroid dienone is 2. The first kappa shape index (κ1) is 20.4. The van der Waals surface area contributed by atoms with Crippen molar-refractivity contribution in [3.05, 3.63) is 77.0 Å². The minimum atomic E-state index is -4.45. The number of benzene rings is 2. The van der Waals surface area contributed by atoms with Crippen LogP contribution >= 0.6 is 0 Å². The van der Waals surface area contributed by atoms with Gasteiger partial charge >= 0.3 is 6.18 Å². The molecule has 0 bridgehead atoms. The molecule has 0 N–H and O–H groups in total. The predicted molar refractivity (Wildman–Crippen MR) is 108 cm³/mol. The van der Waals surface area contributed by atoms with Crippen molar-refractivity contribution in [1.82, 2.24) is 0 Å². The first-order valence-electron chi connectivity index (χ1n) is 9.88. The summed E-state index contributed by atoms with van der Waals surface area (Å²) in [5.74, 6) is -0.546. The maximum absolute atomic E-state index is 13.2. The number of halogens is 3. The van der Waals surface area contributed by atoms with Crippen LogP contribution in [0.1, 0.15) is 50.2 Å². The van der Waals surface area contributed by atoms with E-state index in [1.165, 1.54) is 17.0 Å². The quantitative estimate of drug-likeness (QED) is 0.618. The lowest BCUT2D eigenvalue weighted by molar-refractivity contribution is -0.137. The summed E-state index contributed by atoms with van der Waals surface area (Å²) < 4.78 is 38.9. The van der Waals surface area contributed by atoms with Crippen molar-refractivity contribution in [2.24, 2.45) is 5.41 Å². The van der Waals surface area contributed by atoms with Crippen molar-refractivity contribution in [2.45, 2.75) is 45.2 Å². The molecule has 2 aliphatic rings. The molecule has 0 fully saturated rings. The molecule has 1 aliphatic heterocycles.